The number of nitrogen functional groups attached to an aromatic ring is 2. The van der Waals surface area contributed by atoms with E-state index < -0.39 is 23.5 Å². The van der Waals surface area contributed by atoms with Crippen molar-refractivity contribution in [1.29, 1.82) is 5.41 Å². The van der Waals surface area contributed by atoms with Crippen molar-refractivity contribution in [3.63, 3.8) is 0 Å². The summed E-state index contributed by atoms with van der Waals surface area (Å²) in [6.45, 7) is 0.147. The summed E-state index contributed by atoms with van der Waals surface area (Å²) in [6.07, 6.45) is -2.51. The second-order valence-electron chi connectivity index (χ2n) is 8.20. The second kappa shape index (κ2) is 10.5. The average Bonchev–Trinajstić information content (AvgIpc) is 2.88. The highest BCUT2D eigenvalue weighted by Gasteiger charge is 2.32. The summed E-state index contributed by atoms with van der Waals surface area (Å²) in [5.41, 5.74) is 12.6. The number of rotatable bonds is 7. The van der Waals surface area contributed by atoms with Crippen LogP contribution in [0.15, 0.2) is 73.1 Å². The molecule has 1 amide bonds. The number of carbonyl (C=O) groups is 1. The van der Waals surface area contributed by atoms with E-state index in [4.69, 9.17) is 16.9 Å². The van der Waals surface area contributed by atoms with E-state index in [2.05, 4.69) is 20.6 Å². The Hall–Kier alpha value is -5.00. The molecule has 0 aliphatic rings. The summed E-state index contributed by atoms with van der Waals surface area (Å²) in [5, 5.41) is 13.0. The third-order valence-electron chi connectivity index (χ3n) is 5.52. The largest absolute Gasteiger partial charge is 0.417 e. The van der Waals surface area contributed by atoms with Gasteiger partial charge in [0.05, 0.1) is 16.7 Å². The molecule has 2 aromatic heterocycles. The highest BCUT2D eigenvalue weighted by molar-refractivity contribution is 6.07. The molecule has 2 aromatic carbocycles. The molecule has 2 heterocycles. The van der Waals surface area contributed by atoms with E-state index in [0.717, 1.165) is 23.3 Å². The number of anilines is 3. The highest BCUT2D eigenvalue weighted by atomic mass is 19.4. The first kappa shape index (κ1) is 26.1. The number of amidine groups is 1. The molecule has 0 spiro atoms. The SMILES string of the molecule is N=C(N)c1cc(-c2ccc(CNc3ncc(C(F)(F)F)cc3C(=O)Nc3ccc(F)cc3)cc2)cnc1N. The maximum Gasteiger partial charge on any atom is 0.417 e. The maximum absolute atomic E-state index is 13.3. The van der Waals surface area contributed by atoms with Gasteiger partial charge >= 0.3 is 6.18 Å². The lowest BCUT2D eigenvalue weighted by molar-refractivity contribution is -0.137. The lowest BCUT2D eigenvalue weighted by Crippen LogP contribution is -2.18. The van der Waals surface area contributed by atoms with Gasteiger partial charge in [-0.2, -0.15) is 13.2 Å². The van der Waals surface area contributed by atoms with E-state index in [1.54, 1.807) is 36.5 Å². The number of hydrogen-bond acceptors (Lipinski definition) is 6. The predicted octanol–water partition coefficient (Wildman–Crippen LogP) is 5.03. The average molecular weight is 523 g/mol. The molecular weight excluding hydrogens is 502 g/mol. The van der Waals surface area contributed by atoms with Gasteiger partial charge < -0.3 is 22.1 Å². The Morgan fingerprint density at radius 2 is 1.61 bits per heavy atom. The lowest BCUT2D eigenvalue weighted by atomic mass is 10.0. The summed E-state index contributed by atoms with van der Waals surface area (Å²) in [7, 11) is 0. The molecule has 0 unspecified atom stereocenters. The van der Waals surface area contributed by atoms with Crippen LogP contribution in [0, 0.1) is 11.2 Å². The normalized spacial score (nSPS) is 11.2. The van der Waals surface area contributed by atoms with Gasteiger partial charge in [-0.3, -0.25) is 10.2 Å². The lowest BCUT2D eigenvalue weighted by Gasteiger charge is -2.14. The molecular formula is C26H21F4N7O. The van der Waals surface area contributed by atoms with Crippen molar-refractivity contribution in [2.75, 3.05) is 16.4 Å². The van der Waals surface area contributed by atoms with Gasteiger partial charge in [-0.25, -0.2) is 14.4 Å². The number of halogens is 4. The van der Waals surface area contributed by atoms with Crippen LogP contribution in [0.1, 0.15) is 27.0 Å². The van der Waals surface area contributed by atoms with Crippen LogP contribution in [0.5, 0.6) is 0 Å². The minimum Gasteiger partial charge on any atom is -0.384 e. The van der Waals surface area contributed by atoms with Crippen LogP contribution in [-0.2, 0) is 12.7 Å². The zero-order valence-corrected chi connectivity index (χ0v) is 19.6. The zero-order valence-electron chi connectivity index (χ0n) is 19.6. The van der Waals surface area contributed by atoms with E-state index in [1.807, 2.05) is 0 Å². The quantitative estimate of drug-likeness (QED) is 0.131. The van der Waals surface area contributed by atoms with Gasteiger partial charge in [0, 0.05) is 30.2 Å². The topological polar surface area (TPSA) is 143 Å². The molecule has 0 saturated heterocycles. The van der Waals surface area contributed by atoms with Crippen LogP contribution in [0.25, 0.3) is 11.1 Å². The Labute approximate surface area is 214 Å². The van der Waals surface area contributed by atoms with Crippen molar-refractivity contribution >= 4 is 29.1 Å². The number of alkyl halides is 3. The first-order chi connectivity index (χ1) is 18.0. The zero-order chi connectivity index (χ0) is 27.4. The number of nitrogens with one attached hydrogen (secondary N) is 3. The molecule has 8 nitrogen and oxygen atoms in total. The van der Waals surface area contributed by atoms with Gasteiger partial charge in [-0.05, 0) is 47.5 Å². The van der Waals surface area contributed by atoms with Crippen molar-refractivity contribution < 1.29 is 22.4 Å². The van der Waals surface area contributed by atoms with E-state index in [0.29, 0.717) is 23.4 Å². The minimum absolute atomic E-state index is 0.0597. The fourth-order valence-electron chi connectivity index (χ4n) is 3.52. The number of nitrogens with two attached hydrogens (primary N) is 2. The summed E-state index contributed by atoms with van der Waals surface area (Å²) in [4.78, 5) is 20.7. The van der Waals surface area contributed by atoms with E-state index >= 15 is 0 Å². The Morgan fingerprint density at radius 1 is 0.921 bits per heavy atom. The molecule has 0 bridgehead atoms. The van der Waals surface area contributed by atoms with Gasteiger partial charge in [0.15, 0.2) is 0 Å². The summed E-state index contributed by atoms with van der Waals surface area (Å²) >= 11 is 0. The van der Waals surface area contributed by atoms with Crippen molar-refractivity contribution in [2.24, 2.45) is 5.73 Å². The van der Waals surface area contributed by atoms with Crippen LogP contribution in [0.2, 0.25) is 0 Å². The molecule has 4 aromatic rings. The number of amides is 1. The summed E-state index contributed by atoms with van der Waals surface area (Å²) in [6, 6.07) is 14.3. The molecule has 0 fully saturated rings. The smallest absolute Gasteiger partial charge is 0.384 e. The molecule has 0 aliphatic heterocycles. The first-order valence-corrected chi connectivity index (χ1v) is 11.1. The molecule has 0 atom stereocenters. The summed E-state index contributed by atoms with van der Waals surface area (Å²) in [5.74, 6) is -1.49. The number of benzene rings is 2. The minimum atomic E-state index is -4.70. The number of pyridine rings is 2. The fraction of sp³-hybridized carbons (Fsp3) is 0.0769. The maximum atomic E-state index is 13.3. The van der Waals surface area contributed by atoms with Crippen molar-refractivity contribution in [1.82, 2.24) is 9.97 Å². The molecule has 194 valence electrons. The van der Waals surface area contributed by atoms with Gasteiger partial charge in [0.25, 0.3) is 5.91 Å². The monoisotopic (exact) mass is 523 g/mol. The van der Waals surface area contributed by atoms with Crippen LogP contribution >= 0.6 is 0 Å². The molecule has 4 rings (SSSR count). The van der Waals surface area contributed by atoms with Crippen LogP contribution < -0.4 is 22.1 Å². The highest BCUT2D eigenvalue weighted by Crippen LogP contribution is 2.31. The van der Waals surface area contributed by atoms with Crippen LogP contribution in [-0.4, -0.2) is 21.7 Å². The predicted molar refractivity (Wildman–Crippen MR) is 136 cm³/mol. The Kier molecular flexibility index (Phi) is 7.24. The molecule has 12 heteroatoms. The fourth-order valence-corrected chi connectivity index (χ4v) is 3.52. The molecule has 38 heavy (non-hydrogen) atoms. The van der Waals surface area contributed by atoms with Crippen molar-refractivity contribution in [2.45, 2.75) is 12.7 Å². The number of aromatic nitrogens is 2. The van der Waals surface area contributed by atoms with Gasteiger partial charge in [0.1, 0.15) is 23.3 Å². The molecule has 7 N–H and O–H groups in total. The molecule has 0 saturated carbocycles. The number of carbonyl (C=O) groups excluding carboxylic acids is 1. The van der Waals surface area contributed by atoms with Gasteiger partial charge in [0.2, 0.25) is 0 Å². The molecule has 0 aliphatic carbocycles. The Bertz CT molecular complexity index is 1490. The Morgan fingerprint density at radius 3 is 2.24 bits per heavy atom. The third-order valence-corrected chi connectivity index (χ3v) is 5.52. The van der Waals surface area contributed by atoms with Crippen molar-refractivity contribution in [3.05, 3.63) is 101 Å². The number of nitrogens with zero attached hydrogens (tertiary/aromatic N) is 2. The van der Waals surface area contributed by atoms with Gasteiger partial charge in [-0.1, -0.05) is 24.3 Å². The Balaban J connectivity index is 1.54. The second-order valence-corrected chi connectivity index (χ2v) is 8.20. The molecule has 0 radical (unpaired) electrons. The third kappa shape index (κ3) is 6.03. The van der Waals surface area contributed by atoms with E-state index in [-0.39, 0.29) is 35.3 Å². The summed E-state index contributed by atoms with van der Waals surface area (Å²) < 4.78 is 53.0. The first-order valence-electron chi connectivity index (χ1n) is 11.1. The standard InChI is InChI=1S/C26H21F4N7O/c27-18-5-7-19(8-6-18)37-25(38)21-10-17(26(28,29)30)13-36-24(21)35-11-14-1-3-15(4-2-14)16-9-20(22(31)32)23(33)34-12-16/h1-10,12-13H,11H2,(H3,31,32)(H2,33,34)(H,35,36)(H,37,38). The van der Waals surface area contributed by atoms with Crippen LogP contribution in [0.4, 0.5) is 34.9 Å². The van der Waals surface area contributed by atoms with Gasteiger partial charge in [-0.15, -0.1) is 0 Å². The van der Waals surface area contributed by atoms with Crippen LogP contribution in [0.3, 0.4) is 0 Å². The number of hydrogen-bond donors (Lipinski definition) is 5. The van der Waals surface area contributed by atoms with E-state index in [1.165, 1.54) is 12.1 Å². The van der Waals surface area contributed by atoms with E-state index in [9.17, 15) is 22.4 Å². The van der Waals surface area contributed by atoms with Crippen molar-refractivity contribution in [3.8, 4) is 11.1 Å².